The summed E-state index contributed by atoms with van der Waals surface area (Å²) in [6, 6.07) is 3.54. The number of halogens is 1. The van der Waals surface area contributed by atoms with Gasteiger partial charge in [-0.15, -0.1) is 6.58 Å². The van der Waals surface area contributed by atoms with Gasteiger partial charge in [0.25, 0.3) is 0 Å². The van der Waals surface area contributed by atoms with Gasteiger partial charge >= 0.3 is 5.97 Å². The predicted molar refractivity (Wildman–Crippen MR) is 68.4 cm³/mol. The van der Waals surface area contributed by atoms with Gasteiger partial charge in [-0.1, -0.05) is 17.7 Å². The second-order valence-corrected chi connectivity index (χ2v) is 5.95. The molecule has 1 rings (SSSR count). The minimum Gasteiger partial charge on any atom is -0.478 e. The minimum absolute atomic E-state index is 0.0177. The lowest BCUT2D eigenvalue weighted by Crippen LogP contribution is -2.27. The van der Waals surface area contributed by atoms with Crippen LogP contribution in [0.1, 0.15) is 10.4 Å². The maximum atomic E-state index is 12.1. The van der Waals surface area contributed by atoms with E-state index < -0.39 is 16.0 Å². The zero-order valence-electron chi connectivity index (χ0n) is 9.63. The molecule has 0 radical (unpaired) electrons. The molecule has 0 atom stereocenters. The first kappa shape index (κ1) is 14.7. The van der Waals surface area contributed by atoms with Crippen LogP contribution in [0.3, 0.4) is 0 Å². The number of carboxylic acids is 1. The summed E-state index contributed by atoms with van der Waals surface area (Å²) in [6.45, 7) is 3.55. The van der Waals surface area contributed by atoms with Crippen molar-refractivity contribution in [3.8, 4) is 0 Å². The van der Waals surface area contributed by atoms with E-state index in [9.17, 15) is 13.2 Å². The largest absolute Gasteiger partial charge is 0.478 e. The van der Waals surface area contributed by atoms with Gasteiger partial charge in [0.1, 0.15) is 4.90 Å². The van der Waals surface area contributed by atoms with Gasteiger partial charge in [-0.2, -0.15) is 4.31 Å². The normalized spacial score (nSPS) is 11.5. The van der Waals surface area contributed by atoms with Gasteiger partial charge in [0.05, 0.1) is 10.6 Å². The fraction of sp³-hybridized carbons (Fsp3) is 0.182. The van der Waals surface area contributed by atoms with Crippen molar-refractivity contribution in [2.24, 2.45) is 0 Å². The molecule has 1 N–H and O–H groups in total. The van der Waals surface area contributed by atoms with E-state index in [0.717, 1.165) is 10.4 Å². The standard InChI is InChI=1S/C11H12ClNO4S/c1-3-6-13(2)18(16,17)10-7-8(11(14)15)4-5-9(10)12/h3-5,7H,1,6H2,2H3,(H,14,15). The highest BCUT2D eigenvalue weighted by molar-refractivity contribution is 7.89. The second-order valence-electron chi connectivity index (χ2n) is 3.52. The molecule has 0 aromatic heterocycles. The van der Waals surface area contributed by atoms with E-state index in [1.807, 2.05) is 0 Å². The first-order valence-corrected chi connectivity index (χ1v) is 6.72. The monoisotopic (exact) mass is 289 g/mol. The molecule has 0 fully saturated rings. The lowest BCUT2D eigenvalue weighted by atomic mass is 10.2. The molecule has 1 aromatic carbocycles. The van der Waals surface area contributed by atoms with E-state index in [0.29, 0.717) is 0 Å². The van der Waals surface area contributed by atoms with Crippen molar-refractivity contribution in [3.63, 3.8) is 0 Å². The van der Waals surface area contributed by atoms with Gasteiger partial charge in [0.15, 0.2) is 0 Å². The van der Waals surface area contributed by atoms with Crippen molar-refractivity contribution in [1.29, 1.82) is 0 Å². The molecule has 5 nitrogen and oxygen atoms in total. The first-order chi connectivity index (χ1) is 8.30. The van der Waals surface area contributed by atoms with E-state index in [-0.39, 0.29) is 22.0 Å². The van der Waals surface area contributed by atoms with Crippen molar-refractivity contribution in [2.75, 3.05) is 13.6 Å². The summed E-state index contributed by atoms with van der Waals surface area (Å²) < 4.78 is 25.3. The topological polar surface area (TPSA) is 74.7 Å². The molecule has 98 valence electrons. The molecule has 0 bridgehead atoms. The molecule has 0 amide bonds. The number of likely N-dealkylation sites (N-methyl/N-ethyl adjacent to an activating group) is 1. The molecule has 0 aliphatic heterocycles. The van der Waals surface area contributed by atoms with Crippen LogP contribution in [-0.4, -0.2) is 37.4 Å². The number of rotatable bonds is 5. The molecular formula is C11H12ClNO4S. The Labute approximate surface area is 110 Å². The molecule has 0 saturated carbocycles. The summed E-state index contributed by atoms with van der Waals surface area (Å²) in [7, 11) is -2.46. The average molecular weight is 290 g/mol. The smallest absolute Gasteiger partial charge is 0.335 e. The second kappa shape index (κ2) is 5.51. The van der Waals surface area contributed by atoms with E-state index in [4.69, 9.17) is 16.7 Å². The van der Waals surface area contributed by atoms with E-state index in [1.54, 1.807) is 0 Å². The molecular weight excluding hydrogens is 278 g/mol. The third-order valence-corrected chi connectivity index (χ3v) is 4.56. The number of carbonyl (C=O) groups is 1. The minimum atomic E-state index is -3.82. The van der Waals surface area contributed by atoms with Crippen LogP contribution in [0.5, 0.6) is 0 Å². The van der Waals surface area contributed by atoms with Crippen molar-refractivity contribution in [3.05, 3.63) is 41.4 Å². The fourth-order valence-electron chi connectivity index (χ4n) is 1.28. The van der Waals surface area contributed by atoms with Crippen molar-refractivity contribution in [1.82, 2.24) is 4.31 Å². The lowest BCUT2D eigenvalue weighted by Gasteiger charge is -2.16. The fourth-order valence-corrected chi connectivity index (χ4v) is 2.92. The van der Waals surface area contributed by atoms with E-state index in [1.165, 1.54) is 25.3 Å². The Morgan fingerprint density at radius 2 is 2.17 bits per heavy atom. The van der Waals surface area contributed by atoms with Crippen LogP contribution >= 0.6 is 11.6 Å². The Morgan fingerprint density at radius 1 is 1.56 bits per heavy atom. The van der Waals surface area contributed by atoms with Crippen LogP contribution in [0.15, 0.2) is 35.7 Å². The number of benzene rings is 1. The van der Waals surface area contributed by atoms with Crippen LogP contribution in [0.4, 0.5) is 0 Å². The maximum Gasteiger partial charge on any atom is 0.335 e. The Morgan fingerprint density at radius 3 is 2.67 bits per heavy atom. The molecule has 1 aromatic rings. The molecule has 0 aliphatic carbocycles. The third kappa shape index (κ3) is 2.90. The van der Waals surface area contributed by atoms with Crippen molar-refractivity contribution in [2.45, 2.75) is 4.90 Å². The van der Waals surface area contributed by atoms with Gasteiger partial charge in [-0.05, 0) is 18.2 Å². The first-order valence-electron chi connectivity index (χ1n) is 4.90. The highest BCUT2D eigenvalue weighted by atomic mass is 35.5. The quantitative estimate of drug-likeness (QED) is 0.839. The van der Waals surface area contributed by atoms with Gasteiger partial charge in [0, 0.05) is 13.6 Å². The molecule has 0 saturated heterocycles. The van der Waals surface area contributed by atoms with Crippen LogP contribution in [0, 0.1) is 0 Å². The van der Waals surface area contributed by atoms with E-state index in [2.05, 4.69) is 6.58 Å². The summed E-state index contributed by atoms with van der Waals surface area (Å²) in [6.07, 6.45) is 1.42. The average Bonchev–Trinajstić information content (AvgIpc) is 2.29. The Balaban J connectivity index is 3.35. The number of aromatic carboxylic acids is 1. The number of hydrogen-bond acceptors (Lipinski definition) is 3. The summed E-state index contributed by atoms with van der Waals surface area (Å²) in [5.74, 6) is -1.21. The lowest BCUT2D eigenvalue weighted by molar-refractivity contribution is 0.0696. The Kier molecular flexibility index (Phi) is 4.50. The van der Waals surface area contributed by atoms with Gasteiger partial charge < -0.3 is 5.11 Å². The predicted octanol–water partition coefficient (Wildman–Crippen LogP) is 1.84. The zero-order chi connectivity index (χ0) is 13.9. The zero-order valence-corrected chi connectivity index (χ0v) is 11.2. The van der Waals surface area contributed by atoms with Crippen LogP contribution < -0.4 is 0 Å². The SMILES string of the molecule is C=CCN(C)S(=O)(=O)c1cc(C(=O)O)ccc1Cl. The highest BCUT2D eigenvalue weighted by Gasteiger charge is 2.24. The molecule has 0 heterocycles. The molecule has 0 aliphatic rings. The maximum absolute atomic E-state index is 12.1. The Hall–Kier alpha value is -1.37. The third-order valence-electron chi connectivity index (χ3n) is 2.25. The van der Waals surface area contributed by atoms with Gasteiger partial charge in [-0.3, -0.25) is 0 Å². The van der Waals surface area contributed by atoms with Crippen LogP contribution in [-0.2, 0) is 10.0 Å². The van der Waals surface area contributed by atoms with Crippen molar-refractivity contribution >= 4 is 27.6 Å². The molecule has 18 heavy (non-hydrogen) atoms. The summed E-state index contributed by atoms with van der Waals surface area (Å²) in [4.78, 5) is 10.6. The molecule has 7 heteroatoms. The highest BCUT2D eigenvalue weighted by Crippen LogP contribution is 2.25. The van der Waals surface area contributed by atoms with Gasteiger partial charge in [-0.25, -0.2) is 13.2 Å². The number of hydrogen-bond donors (Lipinski definition) is 1. The molecule has 0 spiro atoms. The summed E-state index contributed by atoms with van der Waals surface area (Å²) in [5.41, 5.74) is -0.134. The summed E-state index contributed by atoms with van der Waals surface area (Å²) >= 11 is 5.81. The van der Waals surface area contributed by atoms with Gasteiger partial charge in [0.2, 0.25) is 10.0 Å². The molecule has 0 unspecified atom stereocenters. The van der Waals surface area contributed by atoms with Crippen molar-refractivity contribution < 1.29 is 18.3 Å². The number of sulfonamides is 1. The number of nitrogens with zero attached hydrogens (tertiary/aromatic N) is 1. The number of carboxylic acid groups (broad SMARTS) is 1. The van der Waals surface area contributed by atoms with Crippen LogP contribution in [0.2, 0.25) is 5.02 Å². The van der Waals surface area contributed by atoms with E-state index >= 15 is 0 Å². The Bertz CT molecular complexity index is 583. The van der Waals surface area contributed by atoms with Crippen LogP contribution in [0.25, 0.3) is 0 Å². The summed E-state index contributed by atoms with van der Waals surface area (Å²) in [5, 5.41) is 8.82.